The maximum absolute atomic E-state index is 9.71. The summed E-state index contributed by atoms with van der Waals surface area (Å²) in [4.78, 5) is 8.56. The lowest BCUT2D eigenvalue weighted by molar-refractivity contribution is 0.169. The van der Waals surface area contributed by atoms with E-state index in [-0.39, 0.29) is 0 Å². The molecule has 0 amide bonds. The van der Waals surface area contributed by atoms with Gasteiger partial charge in [-0.3, -0.25) is 9.97 Å². The van der Waals surface area contributed by atoms with Crippen molar-refractivity contribution in [1.29, 1.82) is 0 Å². The fourth-order valence-corrected chi connectivity index (χ4v) is 2.10. The van der Waals surface area contributed by atoms with Crippen LogP contribution < -0.4 is 4.74 Å². The van der Waals surface area contributed by atoms with Crippen LogP contribution in [0.1, 0.15) is 25.1 Å². The SMILES string of the molecule is CCC(O)c1ccc(Oc2cnc3ccccc3c2)cn1. The summed E-state index contributed by atoms with van der Waals surface area (Å²) in [5, 5.41) is 10.7. The number of rotatable bonds is 4. The zero-order chi connectivity index (χ0) is 14.7. The number of nitrogens with zero attached hydrogens (tertiary/aromatic N) is 2. The van der Waals surface area contributed by atoms with Crippen molar-refractivity contribution < 1.29 is 9.84 Å². The maximum Gasteiger partial charge on any atom is 0.146 e. The molecule has 0 fully saturated rings. The Morgan fingerprint density at radius 1 is 1.05 bits per heavy atom. The molecule has 1 N–H and O–H groups in total. The molecule has 0 aliphatic heterocycles. The summed E-state index contributed by atoms with van der Waals surface area (Å²) in [6, 6.07) is 13.4. The molecule has 0 aliphatic rings. The van der Waals surface area contributed by atoms with Gasteiger partial charge in [0.2, 0.25) is 0 Å². The van der Waals surface area contributed by atoms with Crippen LogP contribution >= 0.6 is 0 Å². The number of pyridine rings is 2. The Balaban J connectivity index is 1.81. The van der Waals surface area contributed by atoms with Crippen LogP contribution in [0.25, 0.3) is 10.9 Å². The molecule has 0 spiro atoms. The highest BCUT2D eigenvalue weighted by molar-refractivity contribution is 5.79. The second-order valence-electron chi connectivity index (χ2n) is 4.81. The third-order valence-corrected chi connectivity index (χ3v) is 3.29. The monoisotopic (exact) mass is 280 g/mol. The standard InChI is InChI=1S/C17H16N2O2/c1-2-17(20)16-8-7-13(10-19-16)21-14-9-12-5-3-4-6-15(12)18-11-14/h3-11,17,20H,2H2,1H3. The van der Waals surface area contributed by atoms with Gasteiger partial charge in [-0.2, -0.15) is 0 Å². The van der Waals surface area contributed by atoms with Gasteiger partial charge < -0.3 is 9.84 Å². The number of aromatic nitrogens is 2. The number of hydrogen-bond donors (Lipinski definition) is 1. The first-order valence-electron chi connectivity index (χ1n) is 6.93. The summed E-state index contributed by atoms with van der Waals surface area (Å²) in [6.45, 7) is 1.91. The molecule has 4 heteroatoms. The molecule has 3 rings (SSSR count). The van der Waals surface area contributed by atoms with E-state index in [9.17, 15) is 5.11 Å². The van der Waals surface area contributed by atoms with Crippen LogP contribution in [0.2, 0.25) is 0 Å². The van der Waals surface area contributed by atoms with Gasteiger partial charge in [0, 0.05) is 5.39 Å². The first kappa shape index (κ1) is 13.5. The lowest BCUT2D eigenvalue weighted by Gasteiger charge is -2.09. The molecule has 1 aromatic carbocycles. The van der Waals surface area contributed by atoms with E-state index in [1.54, 1.807) is 24.5 Å². The fraction of sp³-hybridized carbons (Fsp3) is 0.176. The fourth-order valence-electron chi connectivity index (χ4n) is 2.10. The highest BCUT2D eigenvalue weighted by atomic mass is 16.5. The summed E-state index contributed by atoms with van der Waals surface area (Å²) in [6.07, 6.45) is 3.42. The Hall–Kier alpha value is -2.46. The number of para-hydroxylation sites is 1. The largest absolute Gasteiger partial charge is 0.454 e. The Bertz CT molecular complexity index is 741. The van der Waals surface area contributed by atoms with Crippen LogP contribution in [0.5, 0.6) is 11.5 Å². The number of aliphatic hydroxyl groups is 1. The Morgan fingerprint density at radius 3 is 2.62 bits per heavy atom. The van der Waals surface area contributed by atoms with Gasteiger partial charge in [0.1, 0.15) is 11.5 Å². The van der Waals surface area contributed by atoms with Crippen molar-refractivity contribution in [3.63, 3.8) is 0 Å². The minimum absolute atomic E-state index is 0.526. The lowest BCUT2D eigenvalue weighted by Crippen LogP contribution is -1.98. The summed E-state index contributed by atoms with van der Waals surface area (Å²) in [5.41, 5.74) is 1.59. The van der Waals surface area contributed by atoms with Gasteiger partial charge in [-0.1, -0.05) is 25.1 Å². The van der Waals surface area contributed by atoms with E-state index in [0.29, 0.717) is 23.6 Å². The topological polar surface area (TPSA) is 55.2 Å². The summed E-state index contributed by atoms with van der Waals surface area (Å²) in [5.74, 6) is 1.29. The zero-order valence-corrected chi connectivity index (χ0v) is 11.7. The van der Waals surface area contributed by atoms with Crippen LogP contribution in [-0.2, 0) is 0 Å². The van der Waals surface area contributed by atoms with E-state index < -0.39 is 6.10 Å². The number of benzene rings is 1. The molecule has 1 atom stereocenters. The van der Waals surface area contributed by atoms with Crippen molar-refractivity contribution in [2.24, 2.45) is 0 Å². The molecule has 0 bridgehead atoms. The van der Waals surface area contributed by atoms with E-state index in [1.165, 1.54) is 0 Å². The molecule has 4 nitrogen and oxygen atoms in total. The molecule has 2 heterocycles. The molecule has 0 saturated carbocycles. The lowest BCUT2D eigenvalue weighted by atomic mass is 10.2. The quantitative estimate of drug-likeness (QED) is 0.788. The third-order valence-electron chi connectivity index (χ3n) is 3.29. The number of hydrogen-bond acceptors (Lipinski definition) is 4. The molecular weight excluding hydrogens is 264 g/mol. The van der Waals surface area contributed by atoms with Gasteiger partial charge in [0.25, 0.3) is 0 Å². The van der Waals surface area contributed by atoms with Gasteiger partial charge >= 0.3 is 0 Å². The highest BCUT2D eigenvalue weighted by Gasteiger charge is 2.07. The number of aliphatic hydroxyl groups excluding tert-OH is 1. The molecule has 1 unspecified atom stereocenters. The van der Waals surface area contributed by atoms with Crippen LogP contribution in [0, 0.1) is 0 Å². The predicted octanol–water partition coefficient (Wildman–Crippen LogP) is 3.87. The molecular formula is C17H16N2O2. The van der Waals surface area contributed by atoms with Crippen molar-refractivity contribution in [2.45, 2.75) is 19.4 Å². The van der Waals surface area contributed by atoms with Crippen LogP contribution in [0.15, 0.2) is 54.9 Å². The molecule has 2 aromatic heterocycles. The van der Waals surface area contributed by atoms with Crippen molar-refractivity contribution in [1.82, 2.24) is 9.97 Å². The van der Waals surface area contributed by atoms with E-state index in [1.807, 2.05) is 37.3 Å². The maximum atomic E-state index is 9.71. The average Bonchev–Trinajstić information content (AvgIpc) is 2.55. The van der Waals surface area contributed by atoms with Crippen molar-refractivity contribution in [2.75, 3.05) is 0 Å². The summed E-state index contributed by atoms with van der Waals surface area (Å²) in [7, 11) is 0. The van der Waals surface area contributed by atoms with E-state index in [0.717, 1.165) is 10.9 Å². The number of ether oxygens (including phenoxy) is 1. The third kappa shape index (κ3) is 3.01. The Kier molecular flexibility index (Phi) is 3.79. The van der Waals surface area contributed by atoms with Gasteiger partial charge in [0.05, 0.1) is 29.7 Å². The van der Waals surface area contributed by atoms with Gasteiger partial charge in [-0.15, -0.1) is 0 Å². The van der Waals surface area contributed by atoms with Crippen molar-refractivity contribution in [3.05, 3.63) is 60.6 Å². The van der Waals surface area contributed by atoms with Gasteiger partial charge in [-0.05, 0) is 30.7 Å². The first-order valence-corrected chi connectivity index (χ1v) is 6.93. The van der Waals surface area contributed by atoms with E-state index in [4.69, 9.17) is 4.74 Å². The average molecular weight is 280 g/mol. The minimum atomic E-state index is -0.526. The molecule has 0 saturated heterocycles. The second-order valence-corrected chi connectivity index (χ2v) is 4.81. The molecule has 21 heavy (non-hydrogen) atoms. The molecule has 106 valence electrons. The number of fused-ring (bicyclic) bond motifs is 1. The van der Waals surface area contributed by atoms with E-state index >= 15 is 0 Å². The molecule has 0 radical (unpaired) electrons. The van der Waals surface area contributed by atoms with Crippen LogP contribution in [0.3, 0.4) is 0 Å². The summed E-state index contributed by atoms with van der Waals surface area (Å²) >= 11 is 0. The first-order chi connectivity index (χ1) is 10.3. The second kappa shape index (κ2) is 5.89. The Labute approximate surface area is 123 Å². The smallest absolute Gasteiger partial charge is 0.146 e. The molecule has 0 aliphatic carbocycles. The predicted molar refractivity (Wildman–Crippen MR) is 81.3 cm³/mol. The van der Waals surface area contributed by atoms with Crippen LogP contribution in [0.4, 0.5) is 0 Å². The highest BCUT2D eigenvalue weighted by Crippen LogP contribution is 2.24. The van der Waals surface area contributed by atoms with Gasteiger partial charge in [-0.25, -0.2) is 0 Å². The Morgan fingerprint density at radius 2 is 1.86 bits per heavy atom. The summed E-state index contributed by atoms with van der Waals surface area (Å²) < 4.78 is 5.75. The molecule has 3 aromatic rings. The normalized spacial score (nSPS) is 12.3. The van der Waals surface area contributed by atoms with Crippen molar-refractivity contribution in [3.8, 4) is 11.5 Å². The van der Waals surface area contributed by atoms with Crippen molar-refractivity contribution >= 4 is 10.9 Å². The van der Waals surface area contributed by atoms with Crippen LogP contribution in [-0.4, -0.2) is 15.1 Å². The van der Waals surface area contributed by atoms with E-state index in [2.05, 4.69) is 9.97 Å². The minimum Gasteiger partial charge on any atom is -0.454 e. The zero-order valence-electron chi connectivity index (χ0n) is 11.7. The van der Waals surface area contributed by atoms with Gasteiger partial charge in [0.15, 0.2) is 0 Å².